The lowest BCUT2D eigenvalue weighted by molar-refractivity contribution is -0.120. The topological polar surface area (TPSA) is 78.3 Å². The molecule has 2 heterocycles. The molecule has 2 aromatic rings. The van der Waals surface area contributed by atoms with Crippen LogP contribution in [0, 0.1) is 0 Å². The Morgan fingerprint density at radius 1 is 1.28 bits per heavy atom. The van der Waals surface area contributed by atoms with Gasteiger partial charge in [-0.05, 0) is 42.7 Å². The van der Waals surface area contributed by atoms with Crippen LogP contribution in [0.2, 0.25) is 5.02 Å². The number of nitrogens with zero attached hydrogens (tertiary/aromatic N) is 5. The summed E-state index contributed by atoms with van der Waals surface area (Å²) in [4.78, 5) is 38.7. The van der Waals surface area contributed by atoms with E-state index in [0.717, 1.165) is 12.0 Å². The molecule has 4 rings (SSSR count). The molecule has 8 nitrogen and oxygen atoms in total. The summed E-state index contributed by atoms with van der Waals surface area (Å²) in [6.45, 7) is 7.72. The number of halogens is 2. The SMILES string of the molecule is CN=C(c1cc(Cl)c(OC2C=C(F)C=CC2)nc1N(C=O)c1ccccc1C(C)C)N1CCN(C=O)CC1C. The van der Waals surface area contributed by atoms with Crippen LogP contribution >= 0.6 is 11.6 Å². The first-order valence-corrected chi connectivity index (χ1v) is 13.3. The van der Waals surface area contributed by atoms with Crippen LogP contribution in [0.1, 0.15) is 44.2 Å². The van der Waals surface area contributed by atoms with E-state index in [2.05, 4.69) is 23.7 Å². The molecule has 2 amide bonds. The maximum atomic E-state index is 13.9. The average molecular weight is 554 g/mol. The molecule has 1 fully saturated rings. The number of para-hydroxylation sites is 1. The van der Waals surface area contributed by atoms with Crippen molar-refractivity contribution >= 4 is 41.8 Å². The Morgan fingerprint density at radius 3 is 2.69 bits per heavy atom. The highest BCUT2D eigenvalue weighted by Gasteiger charge is 2.31. The molecule has 2 unspecified atom stereocenters. The van der Waals surface area contributed by atoms with Crippen molar-refractivity contribution in [3.8, 4) is 5.88 Å². The van der Waals surface area contributed by atoms with Crippen LogP contribution < -0.4 is 9.64 Å². The lowest BCUT2D eigenvalue weighted by atomic mass is 10.00. The van der Waals surface area contributed by atoms with E-state index in [4.69, 9.17) is 21.3 Å². The zero-order chi connectivity index (χ0) is 28.1. The van der Waals surface area contributed by atoms with E-state index in [1.807, 2.05) is 31.2 Å². The largest absolute Gasteiger partial charge is 0.469 e. The highest BCUT2D eigenvalue weighted by Crippen LogP contribution is 2.37. The molecule has 10 heteroatoms. The van der Waals surface area contributed by atoms with Gasteiger partial charge in [0.2, 0.25) is 18.7 Å². The second-order valence-electron chi connectivity index (χ2n) is 9.87. The minimum Gasteiger partial charge on any atom is -0.469 e. The van der Waals surface area contributed by atoms with Gasteiger partial charge in [-0.2, -0.15) is 4.98 Å². The maximum Gasteiger partial charge on any atom is 0.235 e. The second kappa shape index (κ2) is 12.4. The predicted octanol–water partition coefficient (Wildman–Crippen LogP) is 5.25. The van der Waals surface area contributed by atoms with Crippen molar-refractivity contribution in [3.63, 3.8) is 0 Å². The molecule has 39 heavy (non-hydrogen) atoms. The number of carbonyl (C=O) groups excluding carboxylic acids is 2. The first-order chi connectivity index (χ1) is 18.8. The molecule has 1 aliphatic heterocycles. The lowest BCUT2D eigenvalue weighted by Gasteiger charge is -2.40. The van der Waals surface area contributed by atoms with Crippen molar-refractivity contribution in [2.45, 2.75) is 45.3 Å². The van der Waals surface area contributed by atoms with E-state index < -0.39 is 11.9 Å². The predicted molar refractivity (Wildman–Crippen MR) is 152 cm³/mol. The zero-order valence-corrected chi connectivity index (χ0v) is 23.3. The third-order valence-corrected chi connectivity index (χ3v) is 7.13. The molecule has 2 aliphatic rings. The second-order valence-corrected chi connectivity index (χ2v) is 10.3. The van der Waals surface area contributed by atoms with Crippen LogP contribution in [0.3, 0.4) is 0 Å². The van der Waals surface area contributed by atoms with Gasteiger partial charge < -0.3 is 14.5 Å². The molecule has 0 spiro atoms. The van der Waals surface area contributed by atoms with Crippen LogP contribution in [0.5, 0.6) is 5.88 Å². The van der Waals surface area contributed by atoms with Gasteiger partial charge in [0.25, 0.3) is 0 Å². The van der Waals surface area contributed by atoms with Crippen molar-refractivity contribution in [1.29, 1.82) is 0 Å². The molecule has 2 atom stereocenters. The first kappa shape index (κ1) is 28.3. The van der Waals surface area contributed by atoms with Crippen molar-refractivity contribution in [3.05, 3.63) is 70.5 Å². The van der Waals surface area contributed by atoms with Crippen LogP contribution in [0.4, 0.5) is 15.9 Å². The summed E-state index contributed by atoms with van der Waals surface area (Å²) in [6.07, 6.45) is 5.86. The summed E-state index contributed by atoms with van der Waals surface area (Å²) in [6, 6.07) is 9.27. The molecule has 1 saturated heterocycles. The first-order valence-electron chi connectivity index (χ1n) is 12.9. The number of aromatic nitrogens is 1. The number of rotatable bonds is 8. The van der Waals surface area contributed by atoms with E-state index >= 15 is 0 Å². The van der Waals surface area contributed by atoms with Crippen LogP contribution in [0.15, 0.2) is 59.4 Å². The van der Waals surface area contributed by atoms with E-state index in [0.29, 0.717) is 55.4 Å². The summed E-state index contributed by atoms with van der Waals surface area (Å²) in [5, 5.41) is 0.209. The molecule has 0 saturated carbocycles. The number of allylic oxidation sites excluding steroid dienone is 2. The summed E-state index contributed by atoms with van der Waals surface area (Å²) < 4.78 is 19.9. The average Bonchev–Trinajstić information content (AvgIpc) is 2.92. The van der Waals surface area contributed by atoms with E-state index in [9.17, 15) is 14.0 Å². The number of amides is 2. The zero-order valence-electron chi connectivity index (χ0n) is 22.6. The molecule has 1 aliphatic carbocycles. The molecule has 0 N–H and O–H groups in total. The van der Waals surface area contributed by atoms with Gasteiger partial charge in [0.15, 0.2) is 5.82 Å². The van der Waals surface area contributed by atoms with Crippen molar-refractivity contribution in [2.24, 2.45) is 4.99 Å². The van der Waals surface area contributed by atoms with Gasteiger partial charge in [0.05, 0.1) is 11.3 Å². The quantitative estimate of drug-likeness (QED) is 0.253. The summed E-state index contributed by atoms with van der Waals surface area (Å²) in [5.41, 5.74) is 2.17. The Labute approximate surface area is 233 Å². The maximum absolute atomic E-state index is 13.9. The monoisotopic (exact) mass is 553 g/mol. The highest BCUT2D eigenvalue weighted by atomic mass is 35.5. The molecule has 206 valence electrons. The fraction of sp³-hybridized carbons (Fsp3) is 0.379. The van der Waals surface area contributed by atoms with E-state index in [1.165, 1.54) is 17.1 Å². The Morgan fingerprint density at radius 2 is 2.05 bits per heavy atom. The lowest BCUT2D eigenvalue weighted by Crippen LogP contribution is -2.53. The van der Waals surface area contributed by atoms with Crippen molar-refractivity contribution in [1.82, 2.24) is 14.8 Å². The molecular formula is C29H33ClFN5O3. The number of ether oxygens (including phenoxy) is 1. The Kier molecular flexibility index (Phi) is 9.01. The Balaban J connectivity index is 1.86. The Hall–Kier alpha value is -3.72. The van der Waals surface area contributed by atoms with Crippen molar-refractivity contribution < 1.29 is 18.7 Å². The number of piperazine rings is 1. The van der Waals surface area contributed by atoms with Gasteiger partial charge in [-0.15, -0.1) is 0 Å². The number of anilines is 2. The minimum absolute atomic E-state index is 0.0417. The number of hydrogen-bond acceptors (Lipinski definition) is 5. The number of hydrogen-bond donors (Lipinski definition) is 0. The fourth-order valence-electron chi connectivity index (χ4n) is 4.95. The summed E-state index contributed by atoms with van der Waals surface area (Å²) in [5.74, 6) is 0.697. The summed E-state index contributed by atoms with van der Waals surface area (Å²) >= 11 is 6.70. The molecule has 1 aromatic heterocycles. The summed E-state index contributed by atoms with van der Waals surface area (Å²) in [7, 11) is 1.67. The number of aliphatic imine (C=N–C) groups is 1. The fourth-order valence-corrected chi connectivity index (χ4v) is 5.15. The van der Waals surface area contributed by atoms with Gasteiger partial charge in [-0.1, -0.05) is 49.7 Å². The van der Waals surface area contributed by atoms with Crippen molar-refractivity contribution in [2.75, 3.05) is 31.6 Å². The number of amidine groups is 1. The molecule has 0 radical (unpaired) electrons. The standard InChI is InChI=1S/C29H33ClFN5O3/c1-19(2)23-10-5-6-11-26(23)36(18-38)28-24(27(32-4)35-13-12-34(17-37)16-20(35)3)15-25(30)29(33-28)39-22-9-7-8-21(31)14-22/h5-8,10-11,14-15,17-20,22H,9,12-13,16H2,1-4H3. The van der Waals surface area contributed by atoms with Gasteiger partial charge in [-0.25, -0.2) is 4.39 Å². The number of pyridine rings is 1. The van der Waals surface area contributed by atoms with Crippen LogP contribution in [-0.4, -0.2) is 72.3 Å². The van der Waals surface area contributed by atoms with Gasteiger partial charge in [0, 0.05) is 39.1 Å². The minimum atomic E-state index is -0.595. The van der Waals surface area contributed by atoms with Crippen LogP contribution in [0.25, 0.3) is 0 Å². The third kappa shape index (κ3) is 6.14. The highest BCUT2D eigenvalue weighted by molar-refractivity contribution is 6.32. The third-order valence-electron chi connectivity index (χ3n) is 6.86. The normalized spacial score (nSPS) is 19.7. The smallest absolute Gasteiger partial charge is 0.235 e. The van der Waals surface area contributed by atoms with Gasteiger partial charge >= 0.3 is 0 Å². The number of carbonyl (C=O) groups is 2. The Bertz CT molecular complexity index is 1310. The van der Waals surface area contributed by atoms with E-state index in [-0.39, 0.29) is 22.9 Å². The number of benzene rings is 1. The molecular weight excluding hydrogens is 521 g/mol. The van der Waals surface area contributed by atoms with Gasteiger partial charge in [-0.3, -0.25) is 19.5 Å². The molecule has 0 bridgehead atoms. The van der Waals surface area contributed by atoms with Crippen LogP contribution in [-0.2, 0) is 9.59 Å². The van der Waals surface area contributed by atoms with Gasteiger partial charge in [0.1, 0.15) is 22.8 Å². The molecule has 1 aromatic carbocycles. The van der Waals surface area contributed by atoms with E-state index in [1.54, 1.807) is 24.1 Å².